The van der Waals surface area contributed by atoms with E-state index in [0.717, 1.165) is 45.4 Å². The van der Waals surface area contributed by atoms with Gasteiger partial charge in [0.2, 0.25) is 0 Å². The minimum Gasteiger partial charge on any atom is -0.379 e. The normalized spacial score (nSPS) is 24.0. The molecule has 0 amide bonds. The van der Waals surface area contributed by atoms with Crippen LogP contribution in [0.3, 0.4) is 0 Å². The molecule has 2 saturated heterocycles. The number of thiophene rings is 1. The number of ether oxygens (including phenoxy) is 1. The van der Waals surface area contributed by atoms with Gasteiger partial charge in [0.15, 0.2) is 5.96 Å². The average Bonchev–Trinajstić information content (AvgIpc) is 3.11. The Labute approximate surface area is 168 Å². The van der Waals surface area contributed by atoms with Gasteiger partial charge in [-0.3, -0.25) is 9.89 Å². The molecule has 2 atom stereocenters. The molecule has 0 radical (unpaired) electrons. The Morgan fingerprint density at radius 3 is 2.78 bits per heavy atom. The number of aliphatic imine (C=N–C) groups is 1. The van der Waals surface area contributed by atoms with Gasteiger partial charge in [-0.05, 0) is 51.4 Å². The van der Waals surface area contributed by atoms with Gasteiger partial charge in [0.05, 0.1) is 19.3 Å². The van der Waals surface area contributed by atoms with Crippen LogP contribution in [0.4, 0.5) is 0 Å². The van der Waals surface area contributed by atoms with Gasteiger partial charge in [0.25, 0.3) is 0 Å². The molecule has 2 unspecified atom stereocenters. The number of likely N-dealkylation sites (tertiary alicyclic amines) is 1. The van der Waals surface area contributed by atoms with Crippen molar-refractivity contribution in [2.45, 2.75) is 25.8 Å². The van der Waals surface area contributed by atoms with E-state index in [1.165, 1.54) is 35.7 Å². The van der Waals surface area contributed by atoms with Gasteiger partial charge in [-0.1, -0.05) is 0 Å². The molecular weight excluding hydrogens is 358 g/mol. The number of rotatable bonds is 6. The van der Waals surface area contributed by atoms with Crippen molar-refractivity contribution in [3.05, 3.63) is 21.9 Å². The topological polar surface area (TPSA) is 52.1 Å². The van der Waals surface area contributed by atoms with Crippen LogP contribution >= 0.6 is 11.3 Å². The maximum atomic E-state index is 5.55. The van der Waals surface area contributed by atoms with E-state index in [1.54, 1.807) is 0 Å². The van der Waals surface area contributed by atoms with Gasteiger partial charge in [-0.25, -0.2) is 0 Å². The lowest BCUT2D eigenvalue weighted by molar-refractivity contribution is 0.0177. The smallest absolute Gasteiger partial charge is 0.191 e. The van der Waals surface area contributed by atoms with Crippen LogP contribution in [-0.4, -0.2) is 82.3 Å². The number of morpholine rings is 1. The highest BCUT2D eigenvalue weighted by Crippen LogP contribution is 2.27. The maximum absolute atomic E-state index is 5.55. The number of nitrogens with one attached hydrogen (secondary N) is 2. The molecular formula is C20H35N5OS. The highest BCUT2D eigenvalue weighted by molar-refractivity contribution is 7.12. The standard InChI is InChI=1S/C20H35N5OS/c1-16-6-7-19(27-16)18(25-9-11-26-12-10-25)14-23-20(21-2)22-13-17-5-4-8-24(3)15-17/h6-7,17-18H,4-5,8-15H2,1-3H3,(H2,21,22,23). The van der Waals surface area contributed by atoms with Crippen LogP contribution in [-0.2, 0) is 4.74 Å². The summed E-state index contributed by atoms with van der Waals surface area (Å²) in [4.78, 5) is 12.2. The van der Waals surface area contributed by atoms with E-state index in [9.17, 15) is 0 Å². The molecule has 3 heterocycles. The molecule has 152 valence electrons. The van der Waals surface area contributed by atoms with Gasteiger partial charge in [-0.15, -0.1) is 11.3 Å². The molecule has 3 rings (SSSR count). The Kier molecular flexibility index (Phi) is 7.93. The van der Waals surface area contributed by atoms with Crippen molar-refractivity contribution in [3.63, 3.8) is 0 Å². The summed E-state index contributed by atoms with van der Waals surface area (Å²) in [5.41, 5.74) is 0. The van der Waals surface area contributed by atoms with E-state index < -0.39 is 0 Å². The van der Waals surface area contributed by atoms with Crippen molar-refractivity contribution in [1.82, 2.24) is 20.4 Å². The third-order valence-electron chi connectivity index (χ3n) is 5.54. The fourth-order valence-corrected chi connectivity index (χ4v) is 5.04. The van der Waals surface area contributed by atoms with Crippen molar-refractivity contribution in [3.8, 4) is 0 Å². The van der Waals surface area contributed by atoms with E-state index in [0.29, 0.717) is 12.0 Å². The van der Waals surface area contributed by atoms with Gasteiger partial charge < -0.3 is 20.3 Å². The van der Waals surface area contributed by atoms with Crippen LogP contribution in [0.5, 0.6) is 0 Å². The van der Waals surface area contributed by atoms with Crippen LogP contribution in [0.15, 0.2) is 17.1 Å². The second kappa shape index (κ2) is 10.4. The lowest BCUT2D eigenvalue weighted by Crippen LogP contribution is -2.47. The molecule has 0 aromatic carbocycles. The molecule has 0 saturated carbocycles. The first-order chi connectivity index (χ1) is 13.2. The quantitative estimate of drug-likeness (QED) is 0.571. The largest absolute Gasteiger partial charge is 0.379 e. The third-order valence-corrected chi connectivity index (χ3v) is 6.64. The lowest BCUT2D eigenvalue weighted by atomic mass is 9.99. The Hall–Kier alpha value is -1.15. The molecule has 0 bridgehead atoms. The van der Waals surface area contributed by atoms with Crippen LogP contribution in [0.2, 0.25) is 0 Å². The van der Waals surface area contributed by atoms with Crippen LogP contribution < -0.4 is 10.6 Å². The molecule has 2 N–H and O–H groups in total. The summed E-state index contributed by atoms with van der Waals surface area (Å²) in [7, 11) is 4.08. The summed E-state index contributed by atoms with van der Waals surface area (Å²) < 4.78 is 5.55. The number of guanidine groups is 1. The van der Waals surface area contributed by atoms with Crippen molar-refractivity contribution in [2.24, 2.45) is 10.9 Å². The zero-order chi connectivity index (χ0) is 19.1. The summed E-state index contributed by atoms with van der Waals surface area (Å²) >= 11 is 1.90. The molecule has 7 heteroatoms. The molecule has 6 nitrogen and oxygen atoms in total. The molecule has 0 aliphatic carbocycles. The average molecular weight is 394 g/mol. The van der Waals surface area contributed by atoms with Crippen LogP contribution in [0.25, 0.3) is 0 Å². The molecule has 27 heavy (non-hydrogen) atoms. The zero-order valence-electron chi connectivity index (χ0n) is 17.0. The van der Waals surface area contributed by atoms with Gasteiger partial charge >= 0.3 is 0 Å². The van der Waals surface area contributed by atoms with E-state index >= 15 is 0 Å². The van der Waals surface area contributed by atoms with Crippen molar-refractivity contribution < 1.29 is 4.74 Å². The lowest BCUT2D eigenvalue weighted by Gasteiger charge is -2.34. The van der Waals surface area contributed by atoms with Crippen molar-refractivity contribution in [2.75, 3.05) is 66.6 Å². The molecule has 2 fully saturated rings. The summed E-state index contributed by atoms with van der Waals surface area (Å²) in [5.74, 6) is 1.62. The molecule has 1 aromatic heterocycles. The Balaban J connectivity index is 1.54. The summed E-state index contributed by atoms with van der Waals surface area (Å²) in [6.07, 6.45) is 2.60. The summed E-state index contributed by atoms with van der Waals surface area (Å²) in [6.45, 7) is 10.1. The van der Waals surface area contributed by atoms with Gasteiger partial charge in [0, 0.05) is 49.5 Å². The first-order valence-electron chi connectivity index (χ1n) is 10.2. The van der Waals surface area contributed by atoms with Crippen molar-refractivity contribution >= 4 is 17.3 Å². The predicted molar refractivity (Wildman–Crippen MR) is 114 cm³/mol. The van der Waals surface area contributed by atoms with Gasteiger partial charge in [-0.2, -0.15) is 0 Å². The fraction of sp³-hybridized carbons (Fsp3) is 0.750. The third kappa shape index (κ3) is 6.17. The number of piperidine rings is 1. The van der Waals surface area contributed by atoms with Crippen LogP contribution in [0.1, 0.15) is 28.6 Å². The fourth-order valence-electron chi connectivity index (χ4n) is 4.03. The minimum absolute atomic E-state index is 0.368. The number of aryl methyl sites for hydroxylation is 1. The van der Waals surface area contributed by atoms with E-state index in [-0.39, 0.29) is 0 Å². The highest BCUT2D eigenvalue weighted by Gasteiger charge is 2.24. The van der Waals surface area contributed by atoms with Crippen molar-refractivity contribution in [1.29, 1.82) is 0 Å². The van der Waals surface area contributed by atoms with E-state index in [1.807, 2.05) is 18.4 Å². The molecule has 2 aliphatic heterocycles. The molecule has 1 aromatic rings. The summed E-state index contributed by atoms with van der Waals surface area (Å²) in [6, 6.07) is 4.86. The van der Waals surface area contributed by atoms with Crippen LogP contribution in [0, 0.1) is 12.8 Å². The minimum atomic E-state index is 0.368. The maximum Gasteiger partial charge on any atom is 0.191 e. The monoisotopic (exact) mass is 393 g/mol. The number of hydrogen-bond donors (Lipinski definition) is 2. The Morgan fingerprint density at radius 1 is 1.30 bits per heavy atom. The number of nitrogens with zero attached hydrogens (tertiary/aromatic N) is 3. The second-order valence-corrected chi connectivity index (χ2v) is 9.04. The second-order valence-electron chi connectivity index (χ2n) is 7.72. The zero-order valence-corrected chi connectivity index (χ0v) is 17.9. The van der Waals surface area contributed by atoms with E-state index in [2.05, 4.69) is 51.5 Å². The highest BCUT2D eigenvalue weighted by atomic mass is 32.1. The van der Waals surface area contributed by atoms with Gasteiger partial charge in [0.1, 0.15) is 0 Å². The molecule has 0 spiro atoms. The predicted octanol–water partition coefficient (Wildman–Crippen LogP) is 1.94. The Morgan fingerprint density at radius 2 is 2.11 bits per heavy atom. The number of hydrogen-bond acceptors (Lipinski definition) is 5. The van der Waals surface area contributed by atoms with E-state index in [4.69, 9.17) is 4.74 Å². The summed E-state index contributed by atoms with van der Waals surface area (Å²) in [5, 5.41) is 7.12. The Bertz CT molecular complexity index is 599. The SMILES string of the molecule is CN=C(NCC1CCCN(C)C1)NCC(c1ccc(C)s1)N1CCOCC1. The molecule has 2 aliphatic rings. The first-order valence-corrected chi connectivity index (χ1v) is 11.0. The first kappa shape index (κ1) is 20.6.